The minimum absolute atomic E-state index is 0.242. The molecule has 6 heteroatoms. The Labute approximate surface area is 128 Å². The molecule has 0 aliphatic heterocycles. The summed E-state index contributed by atoms with van der Waals surface area (Å²) in [5, 5.41) is 1.19. The normalized spacial score (nSPS) is 22.4. The van der Waals surface area contributed by atoms with Crippen LogP contribution >= 0.6 is 11.6 Å². The Hall–Kier alpha value is -1.59. The van der Waals surface area contributed by atoms with Crippen LogP contribution in [0.2, 0.25) is 5.02 Å². The Bertz CT molecular complexity index is 654. The van der Waals surface area contributed by atoms with Gasteiger partial charge in [-0.1, -0.05) is 31.4 Å². The Morgan fingerprint density at radius 2 is 2.33 bits per heavy atom. The smallest absolute Gasteiger partial charge is 0.268 e. The quantitative estimate of drug-likeness (QED) is 0.763. The van der Waals surface area contributed by atoms with Gasteiger partial charge in [0.05, 0.1) is 10.6 Å². The van der Waals surface area contributed by atoms with Gasteiger partial charge in [0.1, 0.15) is 5.65 Å². The first kappa shape index (κ1) is 14.4. The van der Waals surface area contributed by atoms with E-state index in [-0.39, 0.29) is 5.91 Å². The molecule has 0 radical (unpaired) electrons. The van der Waals surface area contributed by atoms with Crippen molar-refractivity contribution in [3.63, 3.8) is 0 Å². The van der Waals surface area contributed by atoms with E-state index < -0.39 is 0 Å². The van der Waals surface area contributed by atoms with Crippen LogP contribution in [0.4, 0.5) is 0 Å². The summed E-state index contributed by atoms with van der Waals surface area (Å²) in [5.41, 5.74) is 6.96. The Balaban J connectivity index is 1.67. The van der Waals surface area contributed by atoms with E-state index >= 15 is 0 Å². The number of carbonyl (C=O) groups is 1. The number of halogens is 1. The molecule has 1 amide bonds. The molecule has 21 heavy (non-hydrogen) atoms. The zero-order chi connectivity index (χ0) is 14.8. The van der Waals surface area contributed by atoms with Crippen LogP contribution in [0.15, 0.2) is 18.5 Å². The fourth-order valence-electron chi connectivity index (χ4n) is 2.93. The maximum Gasteiger partial charge on any atom is 0.268 e. The molecule has 0 spiro atoms. The van der Waals surface area contributed by atoms with E-state index in [4.69, 9.17) is 11.6 Å². The van der Waals surface area contributed by atoms with E-state index in [0.29, 0.717) is 28.2 Å². The largest absolute Gasteiger partial charge is 0.346 e. The van der Waals surface area contributed by atoms with Gasteiger partial charge in [0.15, 0.2) is 0 Å². The van der Waals surface area contributed by atoms with Gasteiger partial charge in [-0.3, -0.25) is 10.2 Å². The average Bonchev–Trinajstić information content (AvgIpc) is 2.95. The van der Waals surface area contributed by atoms with Gasteiger partial charge in [-0.25, -0.2) is 10.4 Å². The molecule has 2 heterocycles. The van der Waals surface area contributed by atoms with E-state index in [1.807, 2.05) is 6.07 Å². The summed E-state index contributed by atoms with van der Waals surface area (Å²) in [4.78, 5) is 19.4. The number of pyridine rings is 1. The van der Waals surface area contributed by atoms with Crippen molar-refractivity contribution in [1.82, 2.24) is 20.8 Å². The van der Waals surface area contributed by atoms with Gasteiger partial charge in [0.25, 0.3) is 5.91 Å². The summed E-state index contributed by atoms with van der Waals surface area (Å²) < 4.78 is 0. The summed E-state index contributed by atoms with van der Waals surface area (Å²) in [7, 11) is 0. The molecule has 2 atom stereocenters. The minimum Gasteiger partial charge on any atom is -0.346 e. The predicted molar refractivity (Wildman–Crippen MR) is 83.1 cm³/mol. The first-order chi connectivity index (χ1) is 10.1. The number of H-pyrrole nitrogens is 1. The van der Waals surface area contributed by atoms with Gasteiger partial charge >= 0.3 is 0 Å². The topological polar surface area (TPSA) is 69.8 Å². The van der Waals surface area contributed by atoms with Gasteiger partial charge in [-0.15, -0.1) is 0 Å². The lowest BCUT2D eigenvalue weighted by Gasteiger charge is -2.27. The maximum absolute atomic E-state index is 12.2. The summed E-state index contributed by atoms with van der Waals surface area (Å²) in [5.74, 6) is 0.462. The molecule has 2 aromatic rings. The molecule has 1 fully saturated rings. The molecule has 1 saturated carbocycles. The molecule has 0 aromatic carbocycles. The maximum atomic E-state index is 12.2. The van der Waals surface area contributed by atoms with Crippen molar-refractivity contribution in [1.29, 1.82) is 0 Å². The first-order valence-corrected chi connectivity index (χ1v) is 7.70. The van der Waals surface area contributed by atoms with Crippen LogP contribution in [0.25, 0.3) is 11.0 Å². The second-order valence-electron chi connectivity index (χ2n) is 5.79. The van der Waals surface area contributed by atoms with Crippen LogP contribution in [-0.2, 0) is 0 Å². The van der Waals surface area contributed by atoms with E-state index in [0.717, 1.165) is 18.2 Å². The van der Waals surface area contributed by atoms with Crippen LogP contribution in [-0.4, -0.2) is 21.9 Å². The third-order valence-electron chi connectivity index (χ3n) is 4.09. The fourth-order valence-corrected chi connectivity index (χ4v) is 3.22. The lowest BCUT2D eigenvalue weighted by atomic mass is 9.87. The number of hydrazine groups is 1. The van der Waals surface area contributed by atoms with Crippen LogP contribution in [0.5, 0.6) is 0 Å². The molecule has 0 bridgehead atoms. The molecule has 1 aliphatic rings. The molecular weight excluding hydrogens is 288 g/mol. The zero-order valence-electron chi connectivity index (χ0n) is 11.9. The molecule has 2 unspecified atom stereocenters. The van der Waals surface area contributed by atoms with Crippen molar-refractivity contribution in [2.45, 2.75) is 38.6 Å². The predicted octanol–water partition coefficient (Wildman–Crippen LogP) is 3.03. The third kappa shape index (κ3) is 3.04. The molecule has 3 N–H and O–H groups in total. The van der Waals surface area contributed by atoms with Gasteiger partial charge < -0.3 is 4.98 Å². The number of aromatic nitrogens is 2. The van der Waals surface area contributed by atoms with Gasteiger partial charge in [0.2, 0.25) is 0 Å². The SMILES string of the molecule is CC1CCCC(NNC(=O)c2cnc3[nH]ccc3c2Cl)C1. The van der Waals surface area contributed by atoms with Crippen LogP contribution in [0.3, 0.4) is 0 Å². The summed E-state index contributed by atoms with van der Waals surface area (Å²) in [6, 6.07) is 2.15. The monoisotopic (exact) mass is 306 g/mol. The number of rotatable bonds is 3. The van der Waals surface area contributed by atoms with Crippen LogP contribution in [0.1, 0.15) is 43.0 Å². The van der Waals surface area contributed by atoms with E-state index in [2.05, 4.69) is 27.7 Å². The standard InChI is InChI=1S/C15H19ClN4O/c1-9-3-2-4-10(7-9)19-20-15(21)12-8-18-14-11(13(12)16)5-6-17-14/h5-6,8-10,19H,2-4,7H2,1H3,(H,17,18)(H,20,21). The number of fused-ring (bicyclic) bond motifs is 1. The van der Waals surface area contributed by atoms with Crippen molar-refractivity contribution >= 4 is 28.5 Å². The lowest BCUT2D eigenvalue weighted by molar-refractivity contribution is 0.0916. The molecular formula is C15H19ClN4O. The molecule has 112 valence electrons. The molecule has 5 nitrogen and oxygen atoms in total. The van der Waals surface area contributed by atoms with E-state index in [1.165, 1.54) is 19.0 Å². The number of hydrogen-bond acceptors (Lipinski definition) is 3. The highest BCUT2D eigenvalue weighted by atomic mass is 35.5. The third-order valence-corrected chi connectivity index (χ3v) is 4.50. The fraction of sp³-hybridized carbons (Fsp3) is 0.467. The van der Waals surface area contributed by atoms with Crippen molar-refractivity contribution in [3.05, 3.63) is 29.0 Å². The molecule has 3 rings (SSSR count). The van der Waals surface area contributed by atoms with Gasteiger partial charge in [0, 0.05) is 23.8 Å². The zero-order valence-corrected chi connectivity index (χ0v) is 12.7. The number of amides is 1. The molecule has 2 aromatic heterocycles. The van der Waals surface area contributed by atoms with Crippen molar-refractivity contribution in [2.75, 3.05) is 0 Å². The highest BCUT2D eigenvalue weighted by molar-refractivity contribution is 6.38. The van der Waals surface area contributed by atoms with Crippen molar-refractivity contribution in [3.8, 4) is 0 Å². The number of nitrogens with zero attached hydrogens (tertiary/aromatic N) is 1. The number of carbonyl (C=O) groups excluding carboxylic acids is 1. The highest BCUT2D eigenvalue weighted by Crippen LogP contribution is 2.25. The second-order valence-corrected chi connectivity index (χ2v) is 6.17. The number of nitrogens with one attached hydrogen (secondary N) is 3. The van der Waals surface area contributed by atoms with Gasteiger partial charge in [-0.2, -0.15) is 0 Å². The number of aromatic amines is 1. The lowest BCUT2D eigenvalue weighted by Crippen LogP contribution is -2.46. The summed E-state index contributed by atoms with van der Waals surface area (Å²) in [6.07, 6.45) is 7.91. The van der Waals surface area contributed by atoms with Crippen molar-refractivity contribution in [2.24, 2.45) is 5.92 Å². The van der Waals surface area contributed by atoms with E-state index in [1.54, 1.807) is 6.20 Å². The molecule has 1 aliphatic carbocycles. The Kier molecular flexibility index (Phi) is 4.12. The average molecular weight is 307 g/mol. The van der Waals surface area contributed by atoms with Crippen LogP contribution in [0, 0.1) is 5.92 Å². The Morgan fingerprint density at radius 1 is 1.48 bits per heavy atom. The summed E-state index contributed by atoms with van der Waals surface area (Å²) >= 11 is 6.27. The first-order valence-electron chi connectivity index (χ1n) is 7.32. The van der Waals surface area contributed by atoms with E-state index in [9.17, 15) is 4.79 Å². The van der Waals surface area contributed by atoms with Gasteiger partial charge in [-0.05, 0) is 24.8 Å². The Morgan fingerprint density at radius 3 is 3.14 bits per heavy atom. The summed E-state index contributed by atoms with van der Waals surface area (Å²) in [6.45, 7) is 2.25. The highest BCUT2D eigenvalue weighted by Gasteiger charge is 2.20. The number of hydrogen-bond donors (Lipinski definition) is 3. The van der Waals surface area contributed by atoms with Crippen molar-refractivity contribution < 1.29 is 4.79 Å². The second kappa shape index (κ2) is 6.03. The van der Waals surface area contributed by atoms with Crippen LogP contribution < -0.4 is 10.9 Å². The minimum atomic E-state index is -0.242. The molecule has 0 saturated heterocycles.